The Balaban J connectivity index is 2.61. The first-order valence-electron chi connectivity index (χ1n) is 6.09. The van der Waals surface area contributed by atoms with Gasteiger partial charge in [0.25, 0.3) is 0 Å². The normalized spacial score (nSPS) is 11.4. The molecule has 0 aromatic heterocycles. The van der Waals surface area contributed by atoms with Crippen LogP contribution < -0.4 is 15.2 Å². The van der Waals surface area contributed by atoms with Gasteiger partial charge in [-0.2, -0.15) is 13.1 Å². The maximum Gasteiger partial charge on any atom is 0.422 e. The molecule has 0 spiro atoms. The standard InChI is InChI=1S/C12H19N3O4S/c1-9(2)19-12(16)15-20(17,18)14-8-11-6-4-3-5-10(11)7-13/h3-6,9,14H,7-8,13H2,1-2H3,(H,15,16). The number of nitrogens with one attached hydrogen (secondary N) is 2. The fourth-order valence-electron chi connectivity index (χ4n) is 1.49. The van der Waals surface area contributed by atoms with Gasteiger partial charge in [-0.25, -0.2) is 9.52 Å². The summed E-state index contributed by atoms with van der Waals surface area (Å²) in [5.74, 6) is 0. The largest absolute Gasteiger partial charge is 0.446 e. The van der Waals surface area contributed by atoms with Crippen LogP contribution in [-0.2, 0) is 28.0 Å². The summed E-state index contributed by atoms with van der Waals surface area (Å²) >= 11 is 0. The molecule has 0 aliphatic heterocycles. The van der Waals surface area contributed by atoms with Crippen molar-refractivity contribution in [2.75, 3.05) is 0 Å². The van der Waals surface area contributed by atoms with Crippen molar-refractivity contribution in [3.05, 3.63) is 35.4 Å². The third kappa shape index (κ3) is 5.55. The monoisotopic (exact) mass is 301 g/mol. The van der Waals surface area contributed by atoms with Crippen molar-refractivity contribution in [1.29, 1.82) is 0 Å². The third-order valence-electron chi connectivity index (χ3n) is 2.35. The molecule has 0 bridgehead atoms. The van der Waals surface area contributed by atoms with Gasteiger partial charge in [0.15, 0.2) is 0 Å². The zero-order valence-corrected chi connectivity index (χ0v) is 12.2. The van der Waals surface area contributed by atoms with E-state index in [-0.39, 0.29) is 6.54 Å². The Kier molecular flexibility index (Phi) is 5.93. The quantitative estimate of drug-likeness (QED) is 0.713. The lowest BCUT2D eigenvalue weighted by atomic mass is 10.1. The average Bonchev–Trinajstić information content (AvgIpc) is 2.35. The molecule has 0 unspecified atom stereocenters. The van der Waals surface area contributed by atoms with Gasteiger partial charge in [0.05, 0.1) is 6.10 Å². The van der Waals surface area contributed by atoms with E-state index in [1.807, 2.05) is 12.1 Å². The Morgan fingerprint density at radius 3 is 2.45 bits per heavy atom. The van der Waals surface area contributed by atoms with Gasteiger partial charge in [0.1, 0.15) is 0 Å². The van der Waals surface area contributed by atoms with Gasteiger partial charge in [0.2, 0.25) is 0 Å². The maximum absolute atomic E-state index is 11.6. The molecule has 0 aliphatic rings. The molecule has 0 radical (unpaired) electrons. The molecule has 4 N–H and O–H groups in total. The van der Waals surface area contributed by atoms with Crippen LogP contribution in [0.2, 0.25) is 0 Å². The highest BCUT2D eigenvalue weighted by Gasteiger charge is 2.16. The summed E-state index contributed by atoms with van der Waals surface area (Å²) in [6, 6.07) is 7.17. The van der Waals surface area contributed by atoms with E-state index >= 15 is 0 Å². The van der Waals surface area contributed by atoms with Gasteiger partial charge in [0, 0.05) is 13.1 Å². The highest BCUT2D eigenvalue weighted by Crippen LogP contribution is 2.07. The number of amides is 1. The Hall–Kier alpha value is -1.64. The summed E-state index contributed by atoms with van der Waals surface area (Å²) in [6.07, 6.45) is -1.41. The number of carbonyl (C=O) groups excluding carboxylic acids is 1. The van der Waals surface area contributed by atoms with Crippen LogP contribution in [0, 0.1) is 0 Å². The second-order valence-corrected chi connectivity index (χ2v) is 5.85. The first kappa shape index (κ1) is 16.4. The van der Waals surface area contributed by atoms with Crippen molar-refractivity contribution in [1.82, 2.24) is 9.44 Å². The summed E-state index contributed by atoms with van der Waals surface area (Å²) in [6.45, 7) is 3.59. The molecule has 1 amide bonds. The topological polar surface area (TPSA) is 111 Å². The van der Waals surface area contributed by atoms with E-state index in [9.17, 15) is 13.2 Å². The van der Waals surface area contributed by atoms with Crippen LogP contribution in [0.1, 0.15) is 25.0 Å². The molecule has 1 aromatic rings. The molecule has 20 heavy (non-hydrogen) atoms. The second-order valence-electron chi connectivity index (χ2n) is 4.35. The summed E-state index contributed by atoms with van der Waals surface area (Å²) in [5, 5.41) is 0. The molecule has 8 heteroatoms. The van der Waals surface area contributed by atoms with Crippen LogP contribution in [0.15, 0.2) is 24.3 Å². The van der Waals surface area contributed by atoms with E-state index < -0.39 is 22.4 Å². The highest BCUT2D eigenvalue weighted by molar-refractivity contribution is 7.88. The molecular formula is C12H19N3O4S. The predicted octanol–water partition coefficient (Wildman–Crippen LogP) is 0.614. The van der Waals surface area contributed by atoms with Crippen LogP contribution >= 0.6 is 0 Å². The number of benzene rings is 1. The zero-order valence-electron chi connectivity index (χ0n) is 11.4. The van der Waals surface area contributed by atoms with Crippen molar-refractivity contribution in [3.63, 3.8) is 0 Å². The van der Waals surface area contributed by atoms with Crippen LogP contribution in [0.5, 0.6) is 0 Å². The van der Waals surface area contributed by atoms with E-state index in [1.54, 1.807) is 30.7 Å². The molecular weight excluding hydrogens is 282 g/mol. The highest BCUT2D eigenvalue weighted by atomic mass is 32.2. The van der Waals surface area contributed by atoms with Gasteiger partial charge in [-0.15, -0.1) is 0 Å². The van der Waals surface area contributed by atoms with Gasteiger partial charge >= 0.3 is 16.3 Å². The van der Waals surface area contributed by atoms with Crippen LogP contribution in [0.25, 0.3) is 0 Å². The van der Waals surface area contributed by atoms with Crippen molar-refractivity contribution in [3.8, 4) is 0 Å². The van der Waals surface area contributed by atoms with Crippen LogP contribution in [0.4, 0.5) is 4.79 Å². The maximum atomic E-state index is 11.6. The first-order valence-corrected chi connectivity index (χ1v) is 7.57. The van der Waals surface area contributed by atoms with E-state index in [4.69, 9.17) is 10.5 Å². The molecule has 112 valence electrons. The van der Waals surface area contributed by atoms with Crippen LogP contribution in [-0.4, -0.2) is 20.6 Å². The molecule has 1 aromatic carbocycles. The Morgan fingerprint density at radius 1 is 1.30 bits per heavy atom. The lowest BCUT2D eigenvalue weighted by Gasteiger charge is -2.12. The number of hydrogen-bond acceptors (Lipinski definition) is 5. The fourth-order valence-corrected chi connectivity index (χ4v) is 2.17. The predicted molar refractivity (Wildman–Crippen MR) is 74.8 cm³/mol. The number of rotatable bonds is 6. The summed E-state index contributed by atoms with van der Waals surface area (Å²) < 4.78 is 32.0. The third-order valence-corrected chi connectivity index (χ3v) is 3.31. The zero-order chi connectivity index (χ0) is 15.2. The molecule has 7 nitrogen and oxygen atoms in total. The van der Waals surface area contributed by atoms with Gasteiger partial charge in [-0.1, -0.05) is 24.3 Å². The van der Waals surface area contributed by atoms with Gasteiger partial charge < -0.3 is 10.5 Å². The lowest BCUT2D eigenvalue weighted by Crippen LogP contribution is -2.41. The van der Waals surface area contributed by atoms with E-state index in [2.05, 4.69) is 4.72 Å². The van der Waals surface area contributed by atoms with E-state index in [0.29, 0.717) is 6.54 Å². The van der Waals surface area contributed by atoms with E-state index in [0.717, 1.165) is 11.1 Å². The molecule has 0 aliphatic carbocycles. The minimum absolute atomic E-state index is 0.0394. The Bertz CT molecular complexity index is 558. The molecule has 0 saturated heterocycles. The van der Waals surface area contributed by atoms with E-state index in [1.165, 1.54) is 0 Å². The van der Waals surface area contributed by atoms with Crippen molar-refractivity contribution < 1.29 is 17.9 Å². The van der Waals surface area contributed by atoms with Gasteiger partial charge in [-0.3, -0.25) is 0 Å². The number of hydrogen-bond donors (Lipinski definition) is 3. The molecule has 0 saturated carbocycles. The summed E-state index contributed by atoms with van der Waals surface area (Å²) in [5.41, 5.74) is 7.14. The number of ether oxygens (including phenoxy) is 1. The fraction of sp³-hybridized carbons (Fsp3) is 0.417. The van der Waals surface area contributed by atoms with Crippen molar-refractivity contribution in [2.45, 2.75) is 33.0 Å². The minimum Gasteiger partial charge on any atom is -0.446 e. The molecule has 0 atom stereocenters. The van der Waals surface area contributed by atoms with Crippen LogP contribution in [0.3, 0.4) is 0 Å². The second kappa shape index (κ2) is 7.22. The Labute approximate surface area is 118 Å². The molecule has 1 rings (SSSR count). The summed E-state index contributed by atoms with van der Waals surface area (Å²) in [7, 11) is -3.96. The SMILES string of the molecule is CC(C)OC(=O)NS(=O)(=O)NCc1ccccc1CN. The minimum atomic E-state index is -3.96. The average molecular weight is 301 g/mol. The first-order chi connectivity index (χ1) is 9.34. The number of nitrogens with two attached hydrogens (primary N) is 1. The van der Waals surface area contributed by atoms with Gasteiger partial charge in [-0.05, 0) is 25.0 Å². The lowest BCUT2D eigenvalue weighted by molar-refractivity contribution is 0.121. The summed E-state index contributed by atoms with van der Waals surface area (Å²) in [4.78, 5) is 11.2. The Morgan fingerprint density at radius 2 is 1.90 bits per heavy atom. The smallest absolute Gasteiger partial charge is 0.422 e. The number of carbonyl (C=O) groups is 1. The van der Waals surface area contributed by atoms with Crippen molar-refractivity contribution >= 4 is 16.3 Å². The molecule has 0 heterocycles. The molecule has 0 fully saturated rings. The van der Waals surface area contributed by atoms with Crippen molar-refractivity contribution in [2.24, 2.45) is 5.73 Å².